The van der Waals surface area contributed by atoms with Gasteiger partial charge in [-0.05, 0) is 23.6 Å². The molecule has 0 fully saturated rings. The Morgan fingerprint density at radius 1 is 1.00 bits per heavy atom. The molecule has 13 heavy (non-hydrogen) atoms. The second kappa shape index (κ2) is 4.14. The van der Waals surface area contributed by atoms with Gasteiger partial charge in [0.1, 0.15) is 0 Å². The van der Waals surface area contributed by atoms with E-state index in [0.29, 0.717) is 10.0 Å². The van der Waals surface area contributed by atoms with Crippen molar-refractivity contribution in [3.63, 3.8) is 0 Å². The Morgan fingerprint density at radius 2 is 1.62 bits per heavy atom. The number of hydrogen-bond donors (Lipinski definition) is 0. The van der Waals surface area contributed by atoms with Crippen LogP contribution in [-0.4, -0.2) is 4.98 Å². The van der Waals surface area contributed by atoms with Gasteiger partial charge in [0.15, 0.2) is 0 Å². The van der Waals surface area contributed by atoms with E-state index >= 15 is 0 Å². The van der Waals surface area contributed by atoms with Crippen molar-refractivity contribution in [1.29, 1.82) is 0 Å². The lowest BCUT2D eigenvalue weighted by atomic mass is 10.2. The zero-order valence-corrected chi connectivity index (χ0v) is 8.83. The predicted molar refractivity (Wildman–Crippen MR) is 59.0 cm³/mol. The summed E-state index contributed by atoms with van der Waals surface area (Å²) in [6.45, 7) is 0. The van der Waals surface area contributed by atoms with E-state index in [2.05, 4.69) is 4.98 Å². The Labute approximate surface area is 92.1 Å². The third-order valence-corrected chi connectivity index (χ3v) is 2.40. The van der Waals surface area contributed by atoms with E-state index < -0.39 is 0 Å². The molecule has 0 bridgehead atoms. The van der Waals surface area contributed by atoms with E-state index in [-0.39, 0.29) is 12.4 Å². The molecule has 1 aromatic heterocycles. The Bertz CT molecular complexity index is 388. The largest absolute Gasteiger partial charge is 0.264 e. The maximum atomic E-state index is 5.84. The first-order chi connectivity index (χ1) is 5.77. The van der Waals surface area contributed by atoms with Crippen LogP contribution >= 0.6 is 35.6 Å². The molecule has 0 aliphatic heterocycles. The van der Waals surface area contributed by atoms with Gasteiger partial charge in [-0.2, -0.15) is 0 Å². The van der Waals surface area contributed by atoms with Gasteiger partial charge in [0.2, 0.25) is 0 Å². The lowest BCUT2D eigenvalue weighted by Gasteiger charge is -1.98. The molecule has 0 aliphatic carbocycles. The molecule has 68 valence electrons. The standard InChI is InChI=1S/C9H5Cl2N.ClH/c10-8-3-6-1-2-12-5-7(6)4-9(8)11;/h1-5H;1H. The van der Waals surface area contributed by atoms with Gasteiger partial charge in [-0.25, -0.2) is 0 Å². The molecule has 1 nitrogen and oxygen atoms in total. The van der Waals surface area contributed by atoms with Gasteiger partial charge in [0.25, 0.3) is 0 Å². The number of nitrogens with zero attached hydrogens (tertiary/aromatic N) is 1. The summed E-state index contributed by atoms with van der Waals surface area (Å²) < 4.78 is 0. The van der Waals surface area contributed by atoms with Crippen LogP contribution in [0.5, 0.6) is 0 Å². The lowest BCUT2D eigenvalue weighted by molar-refractivity contribution is 1.36. The maximum absolute atomic E-state index is 5.84. The smallest absolute Gasteiger partial charge is 0.0599 e. The highest BCUT2D eigenvalue weighted by atomic mass is 35.5. The fourth-order valence-corrected chi connectivity index (χ4v) is 1.42. The summed E-state index contributed by atoms with van der Waals surface area (Å²) in [5.74, 6) is 0. The first-order valence-corrected chi connectivity index (χ1v) is 4.22. The minimum atomic E-state index is 0. The van der Waals surface area contributed by atoms with Crippen LogP contribution in [0.3, 0.4) is 0 Å². The summed E-state index contributed by atoms with van der Waals surface area (Å²) in [5.41, 5.74) is 0. The number of halogens is 3. The van der Waals surface area contributed by atoms with Crippen LogP contribution in [0, 0.1) is 0 Å². The Kier molecular flexibility index (Phi) is 3.37. The van der Waals surface area contributed by atoms with E-state index in [1.807, 2.05) is 18.2 Å². The van der Waals surface area contributed by atoms with Crippen LogP contribution in [0.2, 0.25) is 10.0 Å². The van der Waals surface area contributed by atoms with E-state index in [4.69, 9.17) is 23.2 Å². The monoisotopic (exact) mass is 233 g/mol. The fourth-order valence-electron chi connectivity index (χ4n) is 1.08. The van der Waals surface area contributed by atoms with Crippen LogP contribution < -0.4 is 0 Å². The van der Waals surface area contributed by atoms with Gasteiger partial charge in [0, 0.05) is 17.8 Å². The molecule has 0 spiro atoms. The SMILES string of the molecule is Cl.Clc1cc2ccncc2cc1Cl. The Morgan fingerprint density at radius 3 is 2.31 bits per heavy atom. The number of fused-ring (bicyclic) bond motifs is 1. The molecule has 1 aromatic carbocycles. The van der Waals surface area contributed by atoms with E-state index in [9.17, 15) is 0 Å². The zero-order chi connectivity index (χ0) is 8.55. The second-order valence-electron chi connectivity index (χ2n) is 2.49. The summed E-state index contributed by atoms with van der Waals surface area (Å²) in [6, 6.07) is 5.55. The van der Waals surface area contributed by atoms with Crippen molar-refractivity contribution in [1.82, 2.24) is 4.98 Å². The highest BCUT2D eigenvalue weighted by Gasteiger charge is 1.99. The number of pyridine rings is 1. The normalized spacial score (nSPS) is 9.69. The topological polar surface area (TPSA) is 12.9 Å². The number of rotatable bonds is 0. The van der Waals surface area contributed by atoms with Crippen LogP contribution in [0.15, 0.2) is 30.6 Å². The molecule has 0 saturated carbocycles. The third kappa shape index (κ3) is 2.05. The van der Waals surface area contributed by atoms with Gasteiger partial charge in [-0.1, -0.05) is 23.2 Å². The van der Waals surface area contributed by atoms with Crippen LogP contribution in [0.1, 0.15) is 0 Å². The Balaban J connectivity index is 0.000000845. The average molecular weight is 235 g/mol. The molecule has 0 radical (unpaired) electrons. The summed E-state index contributed by atoms with van der Waals surface area (Å²) >= 11 is 11.7. The molecule has 0 unspecified atom stereocenters. The van der Waals surface area contributed by atoms with Crippen molar-refractivity contribution in [3.8, 4) is 0 Å². The minimum absolute atomic E-state index is 0. The van der Waals surface area contributed by atoms with Crippen molar-refractivity contribution in [2.45, 2.75) is 0 Å². The number of aromatic nitrogens is 1. The summed E-state index contributed by atoms with van der Waals surface area (Å²) in [4.78, 5) is 3.98. The zero-order valence-electron chi connectivity index (χ0n) is 6.50. The van der Waals surface area contributed by atoms with Crippen molar-refractivity contribution >= 4 is 46.4 Å². The first-order valence-electron chi connectivity index (χ1n) is 3.46. The van der Waals surface area contributed by atoms with E-state index in [1.54, 1.807) is 12.4 Å². The molecular weight excluding hydrogens is 228 g/mol. The van der Waals surface area contributed by atoms with Crippen molar-refractivity contribution in [2.75, 3.05) is 0 Å². The third-order valence-electron chi connectivity index (χ3n) is 1.68. The minimum Gasteiger partial charge on any atom is -0.264 e. The molecule has 0 N–H and O–H groups in total. The maximum Gasteiger partial charge on any atom is 0.0599 e. The molecule has 0 saturated heterocycles. The van der Waals surface area contributed by atoms with Gasteiger partial charge in [-0.15, -0.1) is 12.4 Å². The van der Waals surface area contributed by atoms with Crippen molar-refractivity contribution < 1.29 is 0 Å². The lowest BCUT2D eigenvalue weighted by Crippen LogP contribution is -1.75. The number of benzene rings is 1. The molecule has 2 rings (SSSR count). The molecule has 0 atom stereocenters. The molecule has 4 heteroatoms. The average Bonchev–Trinajstić information content (AvgIpc) is 2.07. The highest BCUT2D eigenvalue weighted by Crippen LogP contribution is 2.26. The molecule has 2 aromatic rings. The molecule has 1 heterocycles. The highest BCUT2D eigenvalue weighted by molar-refractivity contribution is 6.42. The van der Waals surface area contributed by atoms with Gasteiger partial charge in [-0.3, -0.25) is 4.98 Å². The van der Waals surface area contributed by atoms with E-state index in [1.165, 1.54) is 0 Å². The summed E-state index contributed by atoms with van der Waals surface area (Å²) in [7, 11) is 0. The first kappa shape index (κ1) is 10.6. The Hall–Kier alpha value is -0.500. The van der Waals surface area contributed by atoms with Gasteiger partial charge in [0.05, 0.1) is 10.0 Å². The van der Waals surface area contributed by atoms with Crippen molar-refractivity contribution in [2.24, 2.45) is 0 Å². The summed E-state index contributed by atoms with van der Waals surface area (Å²) in [5, 5.41) is 3.21. The van der Waals surface area contributed by atoms with Gasteiger partial charge < -0.3 is 0 Å². The van der Waals surface area contributed by atoms with Crippen LogP contribution in [0.4, 0.5) is 0 Å². The van der Waals surface area contributed by atoms with Crippen molar-refractivity contribution in [3.05, 3.63) is 40.6 Å². The fraction of sp³-hybridized carbons (Fsp3) is 0. The number of hydrogen-bond acceptors (Lipinski definition) is 1. The quantitative estimate of drug-likeness (QED) is 0.672. The molecule has 0 amide bonds. The molecule has 0 aliphatic rings. The van der Waals surface area contributed by atoms with Crippen LogP contribution in [0.25, 0.3) is 10.8 Å². The second-order valence-corrected chi connectivity index (χ2v) is 3.30. The summed E-state index contributed by atoms with van der Waals surface area (Å²) in [6.07, 6.45) is 3.49. The predicted octanol–water partition coefficient (Wildman–Crippen LogP) is 3.96. The van der Waals surface area contributed by atoms with E-state index in [0.717, 1.165) is 10.8 Å². The molecular formula is C9H6Cl3N. The van der Waals surface area contributed by atoms with Crippen LogP contribution in [-0.2, 0) is 0 Å². The van der Waals surface area contributed by atoms with Gasteiger partial charge >= 0.3 is 0 Å².